The molecule has 1 aromatic carbocycles. The number of piperazine rings is 1. The number of hydrogen-bond acceptors (Lipinski definition) is 5. The van der Waals surface area contributed by atoms with Gasteiger partial charge in [0.1, 0.15) is 0 Å². The number of rotatable bonds is 6. The van der Waals surface area contributed by atoms with Gasteiger partial charge in [0.2, 0.25) is 5.91 Å². The first-order valence-corrected chi connectivity index (χ1v) is 10.8. The summed E-state index contributed by atoms with van der Waals surface area (Å²) in [5, 5.41) is 0. The van der Waals surface area contributed by atoms with E-state index in [-0.39, 0.29) is 5.91 Å². The van der Waals surface area contributed by atoms with Gasteiger partial charge in [0.15, 0.2) is 11.5 Å². The molecule has 1 fully saturated rings. The number of carbonyl (C=O) groups is 1. The highest BCUT2D eigenvalue weighted by Crippen LogP contribution is 2.33. The maximum atomic E-state index is 12.9. The number of methoxy groups -OCH3 is 2. The molecule has 2 heterocycles. The van der Waals surface area contributed by atoms with Gasteiger partial charge < -0.3 is 19.3 Å². The smallest absolute Gasteiger partial charge is 0.237 e. The van der Waals surface area contributed by atoms with Gasteiger partial charge in [-0.3, -0.25) is 9.69 Å². The fourth-order valence-electron chi connectivity index (χ4n) is 4.05. The van der Waals surface area contributed by atoms with Crippen molar-refractivity contribution >= 4 is 5.91 Å². The average Bonchev–Trinajstić information content (AvgIpc) is 2.71. The second kappa shape index (κ2) is 9.35. The highest BCUT2D eigenvalue weighted by molar-refractivity contribution is 5.78. The highest BCUT2D eigenvalue weighted by atomic mass is 16.5. The van der Waals surface area contributed by atoms with E-state index in [0.29, 0.717) is 18.5 Å². The summed E-state index contributed by atoms with van der Waals surface area (Å²) in [6, 6.07) is 4.06. The van der Waals surface area contributed by atoms with Gasteiger partial charge in [0.25, 0.3) is 0 Å². The fraction of sp³-hybridized carbons (Fsp3) is 0.696. The van der Waals surface area contributed by atoms with Gasteiger partial charge in [-0.25, -0.2) is 0 Å². The molecule has 1 aromatic rings. The first-order valence-electron chi connectivity index (χ1n) is 10.8. The molecule has 0 saturated carbocycles. The van der Waals surface area contributed by atoms with E-state index < -0.39 is 0 Å². The minimum absolute atomic E-state index is 0.230. The van der Waals surface area contributed by atoms with E-state index in [2.05, 4.69) is 30.6 Å². The molecule has 1 amide bonds. The minimum atomic E-state index is 0.230. The second-order valence-electron chi connectivity index (χ2n) is 9.47. The zero-order valence-corrected chi connectivity index (χ0v) is 18.8. The lowest BCUT2D eigenvalue weighted by Gasteiger charge is -2.37. The van der Waals surface area contributed by atoms with Crippen LogP contribution in [0.15, 0.2) is 12.1 Å². The van der Waals surface area contributed by atoms with Crippen LogP contribution in [0, 0.1) is 5.41 Å². The Labute approximate surface area is 175 Å². The number of amides is 1. The summed E-state index contributed by atoms with van der Waals surface area (Å²) in [5.74, 6) is 1.72. The van der Waals surface area contributed by atoms with Crippen LogP contribution < -0.4 is 9.47 Å². The molecular formula is C23H37N3O3. The Balaban J connectivity index is 1.50. The van der Waals surface area contributed by atoms with E-state index in [0.717, 1.165) is 62.8 Å². The monoisotopic (exact) mass is 403 g/mol. The Morgan fingerprint density at radius 3 is 2.10 bits per heavy atom. The predicted octanol–water partition coefficient (Wildman–Crippen LogP) is 2.64. The molecule has 0 unspecified atom stereocenters. The molecule has 162 valence electrons. The molecule has 0 bridgehead atoms. The van der Waals surface area contributed by atoms with Crippen LogP contribution in [0.1, 0.15) is 38.3 Å². The van der Waals surface area contributed by atoms with Gasteiger partial charge in [-0.1, -0.05) is 20.8 Å². The summed E-state index contributed by atoms with van der Waals surface area (Å²) in [5.41, 5.74) is 2.79. The van der Waals surface area contributed by atoms with Gasteiger partial charge in [0, 0.05) is 39.3 Å². The van der Waals surface area contributed by atoms with Crippen molar-refractivity contribution < 1.29 is 14.3 Å². The number of benzene rings is 1. The Hall–Kier alpha value is -1.79. The number of hydrogen-bond donors (Lipinski definition) is 0. The Kier molecular flexibility index (Phi) is 7.06. The van der Waals surface area contributed by atoms with Crippen LogP contribution in [0.2, 0.25) is 0 Å². The van der Waals surface area contributed by atoms with Crippen molar-refractivity contribution in [3.05, 3.63) is 23.3 Å². The van der Waals surface area contributed by atoms with E-state index in [4.69, 9.17) is 9.47 Å². The molecule has 0 N–H and O–H groups in total. The molecule has 0 aromatic heterocycles. The minimum Gasteiger partial charge on any atom is -0.493 e. The van der Waals surface area contributed by atoms with Crippen LogP contribution in [-0.2, 0) is 17.8 Å². The molecule has 29 heavy (non-hydrogen) atoms. The zero-order valence-electron chi connectivity index (χ0n) is 18.8. The van der Waals surface area contributed by atoms with Gasteiger partial charge >= 0.3 is 0 Å². The van der Waals surface area contributed by atoms with Gasteiger partial charge in [0.05, 0.1) is 20.8 Å². The largest absolute Gasteiger partial charge is 0.493 e. The predicted molar refractivity (Wildman–Crippen MR) is 116 cm³/mol. The fourth-order valence-corrected chi connectivity index (χ4v) is 4.05. The molecule has 6 nitrogen and oxygen atoms in total. The van der Waals surface area contributed by atoms with E-state index in [1.807, 2.05) is 17.0 Å². The maximum Gasteiger partial charge on any atom is 0.237 e. The molecule has 2 aliphatic heterocycles. The number of ether oxygens (including phenoxy) is 2. The van der Waals surface area contributed by atoms with Crippen molar-refractivity contribution in [2.75, 3.05) is 60.0 Å². The molecule has 0 spiro atoms. The average molecular weight is 404 g/mol. The standard InChI is InChI=1S/C23H37N3O3/c1-23(2,3)7-9-24-10-12-25(13-11-24)17-22(27)26-8-6-18-14-20(28-4)21(29-5)15-19(18)16-26/h14-15H,6-13,16-17H2,1-5H3. The van der Waals surface area contributed by atoms with Crippen molar-refractivity contribution in [2.24, 2.45) is 5.41 Å². The summed E-state index contributed by atoms with van der Waals surface area (Å²) < 4.78 is 10.8. The van der Waals surface area contributed by atoms with E-state index >= 15 is 0 Å². The maximum absolute atomic E-state index is 12.9. The van der Waals surface area contributed by atoms with Crippen LogP contribution in [0.4, 0.5) is 0 Å². The van der Waals surface area contributed by atoms with E-state index in [1.54, 1.807) is 14.2 Å². The van der Waals surface area contributed by atoms with Crippen molar-refractivity contribution in [2.45, 2.75) is 40.2 Å². The molecule has 0 radical (unpaired) electrons. The quantitative estimate of drug-likeness (QED) is 0.731. The van der Waals surface area contributed by atoms with E-state index in [9.17, 15) is 4.79 Å². The SMILES string of the molecule is COc1cc2c(cc1OC)CN(C(=O)CN1CCN(CCC(C)(C)C)CC1)CC2. The van der Waals surface area contributed by atoms with Crippen molar-refractivity contribution in [3.8, 4) is 11.5 Å². The molecule has 0 aliphatic carbocycles. The first-order chi connectivity index (χ1) is 13.8. The van der Waals surface area contributed by atoms with Gasteiger partial charge in [-0.05, 0) is 48.1 Å². The molecule has 2 aliphatic rings. The summed E-state index contributed by atoms with van der Waals surface area (Å²) >= 11 is 0. The van der Waals surface area contributed by atoms with Crippen molar-refractivity contribution in [3.63, 3.8) is 0 Å². The topological polar surface area (TPSA) is 45.3 Å². The third kappa shape index (κ3) is 5.86. The third-order valence-corrected chi connectivity index (χ3v) is 6.07. The lowest BCUT2D eigenvalue weighted by molar-refractivity contribution is -0.133. The Morgan fingerprint density at radius 2 is 1.52 bits per heavy atom. The molecule has 6 heteroatoms. The van der Waals surface area contributed by atoms with Gasteiger partial charge in [-0.2, -0.15) is 0 Å². The van der Waals surface area contributed by atoms with Crippen LogP contribution in [0.25, 0.3) is 0 Å². The first kappa shape index (κ1) is 21.9. The second-order valence-corrected chi connectivity index (χ2v) is 9.47. The molecule has 1 saturated heterocycles. The summed E-state index contributed by atoms with van der Waals surface area (Å²) in [4.78, 5) is 19.7. The normalized spacial score (nSPS) is 18.4. The Bertz CT molecular complexity index is 706. The third-order valence-electron chi connectivity index (χ3n) is 6.07. The number of fused-ring (bicyclic) bond motifs is 1. The summed E-state index contributed by atoms with van der Waals surface area (Å²) in [6.45, 7) is 14.1. The molecule has 3 rings (SSSR count). The zero-order chi connectivity index (χ0) is 21.0. The van der Waals surface area contributed by atoms with Crippen LogP contribution in [0.5, 0.6) is 11.5 Å². The van der Waals surface area contributed by atoms with Crippen molar-refractivity contribution in [1.29, 1.82) is 0 Å². The van der Waals surface area contributed by atoms with Gasteiger partial charge in [-0.15, -0.1) is 0 Å². The number of carbonyl (C=O) groups excluding carboxylic acids is 1. The molecule has 0 atom stereocenters. The van der Waals surface area contributed by atoms with Crippen LogP contribution in [-0.4, -0.2) is 80.6 Å². The van der Waals surface area contributed by atoms with E-state index in [1.165, 1.54) is 12.0 Å². The Morgan fingerprint density at radius 1 is 0.931 bits per heavy atom. The summed E-state index contributed by atoms with van der Waals surface area (Å²) in [6.07, 6.45) is 2.08. The lowest BCUT2D eigenvalue weighted by Crippen LogP contribution is -2.50. The molecular weight excluding hydrogens is 366 g/mol. The summed E-state index contributed by atoms with van der Waals surface area (Å²) in [7, 11) is 3.31. The number of nitrogens with zero attached hydrogens (tertiary/aromatic N) is 3. The van der Waals surface area contributed by atoms with Crippen LogP contribution >= 0.6 is 0 Å². The van der Waals surface area contributed by atoms with Crippen molar-refractivity contribution in [1.82, 2.24) is 14.7 Å². The van der Waals surface area contributed by atoms with Crippen LogP contribution in [0.3, 0.4) is 0 Å². The highest BCUT2D eigenvalue weighted by Gasteiger charge is 2.26. The lowest BCUT2D eigenvalue weighted by atomic mass is 9.92.